The standard InChI is InChI=1S/C16H17ClN2O3S/c1-12-8-9-13(10-15(12)17)18-16(20)11-19(23(2,21)22)14-6-4-3-5-7-14/h3-10H,11H2,1-2H3,(H,18,20). The summed E-state index contributed by atoms with van der Waals surface area (Å²) >= 11 is 6.01. The topological polar surface area (TPSA) is 66.5 Å². The van der Waals surface area contributed by atoms with E-state index >= 15 is 0 Å². The van der Waals surface area contributed by atoms with E-state index in [1.807, 2.05) is 6.92 Å². The van der Waals surface area contributed by atoms with E-state index < -0.39 is 15.9 Å². The first kappa shape index (κ1) is 17.3. The van der Waals surface area contributed by atoms with Gasteiger partial charge in [0.2, 0.25) is 15.9 Å². The summed E-state index contributed by atoms with van der Waals surface area (Å²) in [4.78, 5) is 12.2. The number of hydrogen-bond acceptors (Lipinski definition) is 3. The Balaban J connectivity index is 2.17. The van der Waals surface area contributed by atoms with E-state index in [0.717, 1.165) is 16.1 Å². The van der Waals surface area contributed by atoms with E-state index in [9.17, 15) is 13.2 Å². The lowest BCUT2D eigenvalue weighted by molar-refractivity contribution is -0.114. The molecule has 0 saturated heterocycles. The van der Waals surface area contributed by atoms with Gasteiger partial charge in [-0.1, -0.05) is 35.9 Å². The van der Waals surface area contributed by atoms with E-state index in [2.05, 4.69) is 5.32 Å². The summed E-state index contributed by atoms with van der Waals surface area (Å²) in [5, 5.41) is 3.19. The van der Waals surface area contributed by atoms with Crippen LogP contribution in [0, 0.1) is 6.92 Å². The molecule has 7 heteroatoms. The van der Waals surface area contributed by atoms with Gasteiger partial charge in [-0.3, -0.25) is 9.10 Å². The first-order valence-electron chi connectivity index (χ1n) is 6.86. The van der Waals surface area contributed by atoms with Gasteiger partial charge in [0.15, 0.2) is 0 Å². The molecule has 2 aromatic rings. The zero-order valence-electron chi connectivity index (χ0n) is 12.8. The third-order valence-electron chi connectivity index (χ3n) is 3.19. The van der Waals surface area contributed by atoms with Crippen molar-refractivity contribution in [2.75, 3.05) is 22.4 Å². The number of rotatable bonds is 5. The van der Waals surface area contributed by atoms with Crippen molar-refractivity contribution >= 4 is 38.9 Å². The van der Waals surface area contributed by atoms with Crippen LogP contribution in [0.2, 0.25) is 5.02 Å². The molecule has 1 amide bonds. The van der Waals surface area contributed by atoms with Crippen LogP contribution >= 0.6 is 11.6 Å². The monoisotopic (exact) mass is 352 g/mol. The van der Waals surface area contributed by atoms with Crippen LogP contribution in [0.3, 0.4) is 0 Å². The fourth-order valence-electron chi connectivity index (χ4n) is 2.00. The summed E-state index contributed by atoms with van der Waals surface area (Å²) < 4.78 is 24.9. The van der Waals surface area contributed by atoms with Crippen molar-refractivity contribution in [1.29, 1.82) is 0 Å². The van der Waals surface area contributed by atoms with Gasteiger partial charge in [0.25, 0.3) is 0 Å². The van der Waals surface area contributed by atoms with Crippen LogP contribution in [0.25, 0.3) is 0 Å². The van der Waals surface area contributed by atoms with Crippen molar-refractivity contribution in [1.82, 2.24) is 0 Å². The average molecular weight is 353 g/mol. The molecule has 0 radical (unpaired) electrons. The minimum atomic E-state index is -3.57. The van der Waals surface area contributed by atoms with Crippen molar-refractivity contribution in [3.8, 4) is 0 Å². The number of nitrogens with zero attached hydrogens (tertiary/aromatic N) is 1. The summed E-state index contributed by atoms with van der Waals surface area (Å²) in [6, 6.07) is 13.6. The second-order valence-electron chi connectivity index (χ2n) is 5.12. The predicted molar refractivity (Wildman–Crippen MR) is 93.5 cm³/mol. The minimum absolute atomic E-state index is 0.311. The number of anilines is 2. The molecule has 0 atom stereocenters. The highest BCUT2D eigenvalue weighted by atomic mass is 35.5. The molecule has 0 aliphatic carbocycles. The van der Waals surface area contributed by atoms with Crippen molar-refractivity contribution < 1.29 is 13.2 Å². The normalized spacial score (nSPS) is 11.1. The van der Waals surface area contributed by atoms with Crippen LogP contribution in [-0.2, 0) is 14.8 Å². The molecule has 2 aromatic carbocycles. The number of halogens is 1. The summed E-state index contributed by atoms with van der Waals surface area (Å²) in [5.41, 5.74) is 1.85. The Morgan fingerprint density at radius 3 is 2.39 bits per heavy atom. The second kappa shape index (κ2) is 7.02. The van der Waals surface area contributed by atoms with Crippen LogP contribution in [0.15, 0.2) is 48.5 Å². The Labute approximate surface area is 140 Å². The predicted octanol–water partition coefficient (Wildman–Crippen LogP) is 3.05. The maximum absolute atomic E-state index is 12.2. The van der Waals surface area contributed by atoms with Gasteiger partial charge < -0.3 is 5.32 Å². The van der Waals surface area contributed by atoms with Gasteiger partial charge in [-0.2, -0.15) is 0 Å². The summed E-state index contributed by atoms with van der Waals surface area (Å²) in [6.07, 6.45) is 1.07. The molecule has 5 nitrogen and oxygen atoms in total. The highest BCUT2D eigenvalue weighted by molar-refractivity contribution is 7.92. The fraction of sp³-hybridized carbons (Fsp3) is 0.188. The molecule has 0 unspecified atom stereocenters. The molecule has 0 aliphatic rings. The van der Waals surface area contributed by atoms with Gasteiger partial charge in [0.05, 0.1) is 11.9 Å². The smallest absolute Gasteiger partial charge is 0.245 e. The lowest BCUT2D eigenvalue weighted by Crippen LogP contribution is -2.37. The van der Waals surface area contributed by atoms with Crippen molar-refractivity contribution in [2.24, 2.45) is 0 Å². The second-order valence-corrected chi connectivity index (χ2v) is 7.43. The van der Waals surface area contributed by atoms with E-state index in [4.69, 9.17) is 11.6 Å². The third kappa shape index (κ3) is 4.71. The number of carbonyl (C=O) groups excluding carboxylic acids is 1. The number of benzene rings is 2. The van der Waals surface area contributed by atoms with Crippen LogP contribution in [-0.4, -0.2) is 27.1 Å². The summed E-state index contributed by atoms with van der Waals surface area (Å²) in [5.74, 6) is -0.445. The number of aryl methyl sites for hydroxylation is 1. The number of nitrogens with one attached hydrogen (secondary N) is 1. The first-order chi connectivity index (χ1) is 10.8. The number of carbonyl (C=O) groups is 1. The van der Waals surface area contributed by atoms with Crippen LogP contribution < -0.4 is 9.62 Å². The zero-order valence-corrected chi connectivity index (χ0v) is 14.4. The quantitative estimate of drug-likeness (QED) is 0.899. The van der Waals surface area contributed by atoms with Gasteiger partial charge in [0.1, 0.15) is 6.54 Å². The Morgan fingerprint density at radius 1 is 1.17 bits per heavy atom. The number of amides is 1. The highest BCUT2D eigenvalue weighted by Gasteiger charge is 2.20. The Morgan fingerprint density at radius 2 is 1.83 bits per heavy atom. The lowest BCUT2D eigenvalue weighted by Gasteiger charge is -2.21. The largest absolute Gasteiger partial charge is 0.324 e. The van der Waals surface area contributed by atoms with Gasteiger partial charge >= 0.3 is 0 Å². The van der Waals surface area contributed by atoms with E-state index in [1.54, 1.807) is 48.5 Å². The molecule has 122 valence electrons. The number of hydrogen-bond donors (Lipinski definition) is 1. The maximum atomic E-state index is 12.2. The Bertz CT molecular complexity index is 807. The van der Waals surface area contributed by atoms with E-state index in [-0.39, 0.29) is 6.54 Å². The molecule has 0 heterocycles. The molecule has 0 aromatic heterocycles. The molecule has 0 aliphatic heterocycles. The van der Waals surface area contributed by atoms with Gasteiger partial charge in [0, 0.05) is 10.7 Å². The van der Waals surface area contributed by atoms with Crippen LogP contribution in [0.5, 0.6) is 0 Å². The molecular weight excluding hydrogens is 336 g/mol. The third-order valence-corrected chi connectivity index (χ3v) is 4.74. The molecule has 0 saturated carbocycles. The maximum Gasteiger partial charge on any atom is 0.245 e. The van der Waals surface area contributed by atoms with Gasteiger partial charge in [-0.15, -0.1) is 0 Å². The molecule has 1 N–H and O–H groups in total. The molecule has 0 bridgehead atoms. The van der Waals surface area contributed by atoms with Crippen molar-refractivity contribution in [2.45, 2.75) is 6.92 Å². The Hall–Kier alpha value is -2.05. The molecular formula is C16H17ClN2O3S. The molecule has 23 heavy (non-hydrogen) atoms. The summed E-state index contributed by atoms with van der Waals surface area (Å²) in [7, 11) is -3.57. The van der Waals surface area contributed by atoms with Crippen LogP contribution in [0.4, 0.5) is 11.4 Å². The number of sulfonamides is 1. The molecule has 2 rings (SSSR count). The fourth-order valence-corrected chi connectivity index (χ4v) is 3.03. The lowest BCUT2D eigenvalue weighted by atomic mass is 10.2. The van der Waals surface area contributed by atoms with Gasteiger partial charge in [-0.05, 0) is 36.8 Å². The minimum Gasteiger partial charge on any atom is -0.324 e. The SMILES string of the molecule is Cc1ccc(NC(=O)CN(c2ccccc2)S(C)(=O)=O)cc1Cl. The van der Waals surface area contributed by atoms with E-state index in [1.165, 1.54) is 0 Å². The zero-order chi connectivity index (χ0) is 17.0. The highest BCUT2D eigenvalue weighted by Crippen LogP contribution is 2.21. The van der Waals surface area contributed by atoms with Crippen molar-refractivity contribution in [3.63, 3.8) is 0 Å². The summed E-state index contributed by atoms with van der Waals surface area (Å²) in [6.45, 7) is 1.54. The number of para-hydroxylation sites is 1. The van der Waals surface area contributed by atoms with Crippen LogP contribution in [0.1, 0.15) is 5.56 Å². The molecule has 0 spiro atoms. The first-order valence-corrected chi connectivity index (χ1v) is 9.09. The van der Waals surface area contributed by atoms with E-state index in [0.29, 0.717) is 16.4 Å². The molecule has 0 fully saturated rings. The average Bonchev–Trinajstić information content (AvgIpc) is 2.48. The Kier molecular flexibility index (Phi) is 5.28. The van der Waals surface area contributed by atoms with Gasteiger partial charge in [-0.25, -0.2) is 8.42 Å². The van der Waals surface area contributed by atoms with Crippen molar-refractivity contribution in [3.05, 3.63) is 59.1 Å².